The number of rotatable bonds is 4. The Morgan fingerprint density at radius 2 is 1.73 bits per heavy atom. The van der Waals surface area contributed by atoms with Crippen LogP contribution in [-0.4, -0.2) is 20.7 Å². The number of carbonyl (C=O) groups is 1. The molecule has 2 heterocycles. The maximum Gasteiger partial charge on any atom is 0.277 e. The molecule has 0 bridgehead atoms. The van der Waals surface area contributed by atoms with Gasteiger partial charge >= 0.3 is 0 Å². The number of nitrogens with one attached hydrogen (secondary N) is 1. The van der Waals surface area contributed by atoms with E-state index in [-0.39, 0.29) is 11.7 Å². The van der Waals surface area contributed by atoms with Gasteiger partial charge < -0.3 is 5.32 Å². The van der Waals surface area contributed by atoms with Gasteiger partial charge in [-0.2, -0.15) is 5.10 Å². The largest absolute Gasteiger partial charge is 0.305 e. The highest BCUT2D eigenvalue weighted by atomic mass is 19.1. The van der Waals surface area contributed by atoms with Crippen LogP contribution >= 0.6 is 0 Å². The molecule has 0 saturated heterocycles. The summed E-state index contributed by atoms with van der Waals surface area (Å²) in [6, 6.07) is 19.8. The molecule has 0 saturated carbocycles. The van der Waals surface area contributed by atoms with E-state index in [9.17, 15) is 9.18 Å². The van der Waals surface area contributed by atoms with Gasteiger partial charge in [0.2, 0.25) is 0 Å². The summed E-state index contributed by atoms with van der Waals surface area (Å²) in [6.45, 7) is 0. The van der Waals surface area contributed by atoms with Crippen molar-refractivity contribution in [2.75, 3.05) is 5.32 Å². The second-order valence-electron chi connectivity index (χ2n) is 7.27. The number of fused-ring (bicyclic) bond motifs is 1. The monoisotopic (exact) mass is 398 g/mol. The molecule has 1 amide bonds. The second-order valence-corrected chi connectivity index (χ2v) is 7.27. The lowest BCUT2D eigenvalue weighted by atomic mass is 10.1. The van der Waals surface area contributed by atoms with E-state index < -0.39 is 0 Å². The van der Waals surface area contributed by atoms with Gasteiger partial charge in [0.25, 0.3) is 5.91 Å². The molecule has 0 radical (unpaired) electrons. The molecule has 0 aliphatic heterocycles. The number of hydrogen-bond donors (Lipinski definition) is 1. The molecule has 1 N–H and O–H groups in total. The number of aromatic nitrogens is 3. The minimum atomic E-state index is -0.300. The summed E-state index contributed by atoms with van der Waals surface area (Å²) in [6.07, 6.45) is 4.36. The predicted octanol–water partition coefficient (Wildman–Crippen LogP) is 4.81. The Morgan fingerprint density at radius 3 is 2.47 bits per heavy atom. The lowest BCUT2D eigenvalue weighted by Crippen LogP contribution is -2.15. The van der Waals surface area contributed by atoms with Gasteiger partial charge in [-0.05, 0) is 61.2 Å². The van der Waals surface area contributed by atoms with Crippen LogP contribution in [0.1, 0.15) is 28.2 Å². The summed E-state index contributed by atoms with van der Waals surface area (Å²) in [7, 11) is 0. The molecule has 5 rings (SSSR count). The van der Waals surface area contributed by atoms with Gasteiger partial charge in [0, 0.05) is 23.0 Å². The van der Waals surface area contributed by atoms with Gasteiger partial charge in [0.05, 0.1) is 5.69 Å². The molecular formula is C24H19FN4O. The van der Waals surface area contributed by atoms with Crippen LogP contribution in [0.2, 0.25) is 0 Å². The van der Waals surface area contributed by atoms with E-state index in [4.69, 9.17) is 0 Å². The summed E-state index contributed by atoms with van der Waals surface area (Å²) in [4.78, 5) is 17.3. The first kappa shape index (κ1) is 18.2. The van der Waals surface area contributed by atoms with Crippen molar-refractivity contribution in [1.29, 1.82) is 0 Å². The summed E-state index contributed by atoms with van der Waals surface area (Å²) < 4.78 is 15.0. The van der Waals surface area contributed by atoms with E-state index in [1.54, 1.807) is 29.1 Å². The molecule has 0 atom stereocenters. The zero-order chi connectivity index (χ0) is 20.5. The number of pyridine rings is 1. The fraction of sp³-hybridized carbons (Fsp3) is 0.125. The van der Waals surface area contributed by atoms with Gasteiger partial charge in [-0.25, -0.2) is 14.1 Å². The Balaban J connectivity index is 1.40. The lowest BCUT2D eigenvalue weighted by Gasteiger charge is -2.06. The van der Waals surface area contributed by atoms with Crippen molar-refractivity contribution in [3.8, 4) is 16.8 Å². The maximum atomic E-state index is 13.3. The van der Waals surface area contributed by atoms with Gasteiger partial charge in [-0.3, -0.25) is 4.79 Å². The van der Waals surface area contributed by atoms with E-state index in [1.807, 2.05) is 36.4 Å². The molecule has 2 aromatic heterocycles. The Labute approximate surface area is 173 Å². The molecule has 4 aromatic rings. The smallest absolute Gasteiger partial charge is 0.277 e. The molecule has 30 heavy (non-hydrogen) atoms. The highest BCUT2D eigenvalue weighted by Crippen LogP contribution is 2.28. The van der Waals surface area contributed by atoms with Crippen molar-refractivity contribution in [2.24, 2.45) is 0 Å². The van der Waals surface area contributed by atoms with Crippen LogP contribution < -0.4 is 5.32 Å². The third-order valence-electron chi connectivity index (χ3n) is 5.33. The van der Waals surface area contributed by atoms with Crippen molar-refractivity contribution >= 4 is 11.7 Å². The molecule has 0 unspecified atom stereocenters. The summed E-state index contributed by atoms with van der Waals surface area (Å²) in [5, 5.41) is 7.40. The zero-order valence-corrected chi connectivity index (χ0v) is 16.2. The summed E-state index contributed by atoms with van der Waals surface area (Å²) in [5.74, 6) is -0.109. The first-order chi connectivity index (χ1) is 14.7. The molecular weight excluding hydrogens is 379 g/mol. The molecule has 148 valence electrons. The maximum absolute atomic E-state index is 13.3. The summed E-state index contributed by atoms with van der Waals surface area (Å²) >= 11 is 0. The van der Waals surface area contributed by atoms with Crippen LogP contribution in [0, 0.1) is 5.82 Å². The Bertz CT molecular complexity index is 1200. The summed E-state index contributed by atoms with van der Waals surface area (Å²) in [5.41, 5.74) is 5.17. The average molecular weight is 398 g/mol. The van der Waals surface area contributed by atoms with E-state index in [1.165, 1.54) is 12.1 Å². The number of carbonyl (C=O) groups excluding carboxylic acids is 1. The van der Waals surface area contributed by atoms with Gasteiger partial charge in [0.15, 0.2) is 5.69 Å². The average Bonchev–Trinajstić information content (AvgIpc) is 3.39. The quantitative estimate of drug-likeness (QED) is 0.536. The normalized spacial score (nSPS) is 12.6. The van der Waals surface area contributed by atoms with Crippen molar-refractivity contribution in [3.05, 3.63) is 95.7 Å². The second kappa shape index (κ2) is 7.55. The third kappa shape index (κ3) is 3.37. The SMILES string of the molecule is O=C(Nc1ccc(-c2ccccc2)cn1)c1nn(-c2ccc(F)cc2)c2c1CCC2. The Morgan fingerprint density at radius 1 is 0.933 bits per heavy atom. The van der Waals surface area contributed by atoms with Crippen LogP contribution in [-0.2, 0) is 12.8 Å². The minimum Gasteiger partial charge on any atom is -0.305 e. The number of anilines is 1. The van der Waals surface area contributed by atoms with Crippen molar-refractivity contribution < 1.29 is 9.18 Å². The van der Waals surface area contributed by atoms with Crippen molar-refractivity contribution in [3.63, 3.8) is 0 Å². The number of hydrogen-bond acceptors (Lipinski definition) is 3. The van der Waals surface area contributed by atoms with Crippen molar-refractivity contribution in [2.45, 2.75) is 19.3 Å². The van der Waals surface area contributed by atoms with Crippen LogP contribution in [0.3, 0.4) is 0 Å². The van der Waals surface area contributed by atoms with E-state index in [2.05, 4.69) is 15.4 Å². The van der Waals surface area contributed by atoms with Crippen LogP contribution in [0.5, 0.6) is 0 Å². The van der Waals surface area contributed by atoms with E-state index in [0.717, 1.165) is 47.3 Å². The van der Waals surface area contributed by atoms with Crippen LogP contribution in [0.15, 0.2) is 72.9 Å². The molecule has 1 aliphatic carbocycles. The first-order valence-corrected chi connectivity index (χ1v) is 9.88. The minimum absolute atomic E-state index is 0.283. The van der Waals surface area contributed by atoms with E-state index in [0.29, 0.717) is 11.5 Å². The highest BCUT2D eigenvalue weighted by Gasteiger charge is 2.27. The molecule has 5 nitrogen and oxygen atoms in total. The number of benzene rings is 2. The Kier molecular flexibility index (Phi) is 4.59. The third-order valence-corrected chi connectivity index (χ3v) is 5.33. The first-order valence-electron chi connectivity index (χ1n) is 9.88. The van der Waals surface area contributed by atoms with Gasteiger partial charge in [0.1, 0.15) is 11.6 Å². The number of amides is 1. The fourth-order valence-corrected chi connectivity index (χ4v) is 3.86. The van der Waals surface area contributed by atoms with Gasteiger partial charge in [-0.1, -0.05) is 30.3 Å². The number of halogens is 1. The lowest BCUT2D eigenvalue weighted by molar-refractivity contribution is 0.102. The fourth-order valence-electron chi connectivity index (χ4n) is 3.86. The zero-order valence-electron chi connectivity index (χ0n) is 16.2. The number of nitrogens with zero attached hydrogens (tertiary/aromatic N) is 3. The van der Waals surface area contributed by atoms with Gasteiger partial charge in [-0.15, -0.1) is 0 Å². The van der Waals surface area contributed by atoms with Crippen molar-refractivity contribution in [1.82, 2.24) is 14.8 Å². The molecule has 2 aromatic carbocycles. The molecule has 0 fully saturated rings. The van der Waals surface area contributed by atoms with Crippen LogP contribution in [0.25, 0.3) is 16.8 Å². The van der Waals surface area contributed by atoms with Crippen LogP contribution in [0.4, 0.5) is 10.2 Å². The Hall–Kier alpha value is -3.80. The van der Waals surface area contributed by atoms with E-state index >= 15 is 0 Å². The highest BCUT2D eigenvalue weighted by molar-refractivity contribution is 6.03. The molecule has 6 heteroatoms. The molecule has 0 spiro atoms. The topological polar surface area (TPSA) is 59.8 Å². The standard InChI is InChI=1S/C24H19FN4O/c25-18-10-12-19(13-11-18)29-21-8-4-7-20(21)23(28-29)24(30)27-22-14-9-17(15-26-22)16-5-2-1-3-6-16/h1-3,5-6,9-15H,4,7-8H2,(H,26,27,30). The molecule has 1 aliphatic rings. The predicted molar refractivity (Wildman–Crippen MR) is 113 cm³/mol.